The van der Waals surface area contributed by atoms with Gasteiger partial charge < -0.3 is 16.6 Å². The molecule has 1 heterocycles. The average Bonchev–Trinajstić information content (AvgIpc) is 2.45. The Labute approximate surface area is 142 Å². The normalized spacial score (nSPS) is 16.6. The highest BCUT2D eigenvalue weighted by molar-refractivity contribution is 7.85. The van der Waals surface area contributed by atoms with Gasteiger partial charge in [-0.25, -0.2) is 0 Å². The van der Waals surface area contributed by atoms with Gasteiger partial charge in [0.2, 0.25) is 0 Å². The summed E-state index contributed by atoms with van der Waals surface area (Å²) in [5, 5.41) is 8.73. The fraction of sp³-hybridized carbons (Fsp3) is 1.00. The van der Waals surface area contributed by atoms with Crippen LogP contribution in [-0.2, 0) is 20.5 Å². The van der Waals surface area contributed by atoms with Crippen LogP contribution in [0.3, 0.4) is 0 Å². The Kier molecular flexibility index (Phi) is 14.9. The van der Waals surface area contributed by atoms with Crippen molar-refractivity contribution in [3.05, 3.63) is 0 Å². The van der Waals surface area contributed by atoms with Gasteiger partial charge >= 0.3 is 10.4 Å². The van der Waals surface area contributed by atoms with E-state index in [1.54, 1.807) is 0 Å². The fourth-order valence-electron chi connectivity index (χ4n) is 1.62. The first-order valence-electron chi connectivity index (χ1n) is 7.03. The minimum atomic E-state index is -4.67. The minimum absolute atomic E-state index is 0.158. The van der Waals surface area contributed by atoms with Crippen molar-refractivity contribution in [3.8, 4) is 0 Å². The molecule has 0 unspecified atom stereocenters. The average molecular weight is 396 g/mol. The van der Waals surface area contributed by atoms with Crippen molar-refractivity contribution in [1.82, 2.24) is 9.80 Å². The number of hydrogen-bond donors (Lipinski definition) is 6. The van der Waals surface area contributed by atoms with Gasteiger partial charge in [-0.15, -0.1) is 0 Å². The van der Waals surface area contributed by atoms with Crippen LogP contribution in [0.2, 0.25) is 0 Å². The van der Waals surface area contributed by atoms with Gasteiger partial charge in [0.1, 0.15) is 0 Å². The Balaban J connectivity index is 0. The molecule has 0 aromatic heterocycles. The van der Waals surface area contributed by atoms with Crippen LogP contribution in [-0.4, -0.2) is 110 Å². The molecule has 1 rings (SSSR count). The van der Waals surface area contributed by atoms with E-state index in [9.17, 15) is 8.42 Å². The molecule has 0 bridgehead atoms. The van der Waals surface area contributed by atoms with Crippen molar-refractivity contribution in [2.75, 3.05) is 64.7 Å². The van der Waals surface area contributed by atoms with Crippen LogP contribution in [0.25, 0.3) is 0 Å². The van der Waals surface area contributed by atoms with Crippen molar-refractivity contribution in [3.63, 3.8) is 0 Å². The summed E-state index contributed by atoms with van der Waals surface area (Å²) in [6.45, 7) is 5.66. The molecular formula is C10H28N4O8S2. The molecule has 0 atom stereocenters. The number of aliphatic hydroxyl groups is 1. The van der Waals surface area contributed by atoms with E-state index in [4.69, 9.17) is 38.6 Å². The van der Waals surface area contributed by atoms with Crippen LogP contribution < -0.4 is 11.5 Å². The van der Waals surface area contributed by atoms with Gasteiger partial charge in [-0.3, -0.25) is 23.5 Å². The molecule has 0 amide bonds. The lowest BCUT2D eigenvalue weighted by molar-refractivity contribution is 0.116. The maximum Gasteiger partial charge on any atom is 0.394 e. The number of hydrogen-bond acceptors (Lipinski definition) is 9. The molecule has 148 valence electrons. The van der Waals surface area contributed by atoms with Crippen molar-refractivity contribution in [1.29, 1.82) is 0 Å². The van der Waals surface area contributed by atoms with E-state index in [-0.39, 0.29) is 12.4 Å². The number of aliphatic hydroxyl groups excluding tert-OH is 1. The minimum Gasteiger partial charge on any atom is -0.395 e. The predicted molar refractivity (Wildman–Crippen MR) is 88.7 cm³/mol. The SMILES string of the molecule is NCCN.O=S(=O)(O)CCN1CCN(CCO)CC1.O=S(=O)(O)O. The third kappa shape index (κ3) is 23.8. The highest BCUT2D eigenvalue weighted by atomic mass is 32.3. The fourth-order valence-corrected chi connectivity index (χ4v) is 2.11. The molecule has 8 N–H and O–H groups in total. The standard InChI is InChI=1S/C8H18N2O4S.C2H8N2.H2O4S/c11-7-5-9-1-3-10(4-2-9)6-8-15(12,13)14;3-1-2-4;1-5(2,3)4/h11H,1-8H2,(H,12,13,14);1-4H2;(H2,1,2,3,4). The highest BCUT2D eigenvalue weighted by Gasteiger charge is 2.17. The first-order chi connectivity index (χ1) is 10.9. The quantitative estimate of drug-likeness (QED) is 0.244. The molecule has 0 spiro atoms. The van der Waals surface area contributed by atoms with Gasteiger partial charge in [0, 0.05) is 52.4 Å². The Morgan fingerprint density at radius 3 is 1.38 bits per heavy atom. The molecule has 1 fully saturated rings. The van der Waals surface area contributed by atoms with Crippen molar-refractivity contribution >= 4 is 20.5 Å². The summed E-state index contributed by atoms with van der Waals surface area (Å²) < 4.78 is 61.2. The van der Waals surface area contributed by atoms with Crippen LogP contribution >= 0.6 is 0 Å². The van der Waals surface area contributed by atoms with E-state index in [0.29, 0.717) is 26.2 Å². The zero-order valence-electron chi connectivity index (χ0n) is 13.4. The molecule has 0 aromatic rings. The van der Waals surface area contributed by atoms with Crippen molar-refractivity contribution in [2.24, 2.45) is 11.5 Å². The molecular weight excluding hydrogens is 368 g/mol. The van der Waals surface area contributed by atoms with E-state index in [1.807, 2.05) is 4.90 Å². The number of piperazine rings is 1. The van der Waals surface area contributed by atoms with Crippen LogP contribution in [0.15, 0.2) is 0 Å². The molecule has 24 heavy (non-hydrogen) atoms. The summed E-state index contributed by atoms with van der Waals surface area (Å²) >= 11 is 0. The lowest BCUT2D eigenvalue weighted by atomic mass is 10.3. The number of nitrogens with zero attached hydrogens (tertiary/aromatic N) is 2. The van der Waals surface area contributed by atoms with Gasteiger partial charge in [0.05, 0.1) is 12.4 Å². The maximum atomic E-state index is 10.5. The molecule has 14 heteroatoms. The van der Waals surface area contributed by atoms with E-state index in [0.717, 1.165) is 26.2 Å². The van der Waals surface area contributed by atoms with E-state index in [1.165, 1.54) is 0 Å². The second kappa shape index (κ2) is 13.8. The Morgan fingerprint density at radius 1 is 0.792 bits per heavy atom. The zero-order valence-corrected chi connectivity index (χ0v) is 15.0. The Hall–Kier alpha value is -0.420. The van der Waals surface area contributed by atoms with Gasteiger partial charge in [-0.2, -0.15) is 16.8 Å². The highest BCUT2D eigenvalue weighted by Crippen LogP contribution is 2.01. The monoisotopic (exact) mass is 396 g/mol. The van der Waals surface area contributed by atoms with Gasteiger partial charge in [-0.1, -0.05) is 0 Å². The second-order valence-corrected chi connectivity index (χ2v) is 7.19. The number of β-amino-alcohol motifs (C(OH)–C–C–N with tert-alkyl or cyclic N) is 1. The zero-order chi connectivity index (χ0) is 19.2. The lowest BCUT2D eigenvalue weighted by Crippen LogP contribution is -2.48. The predicted octanol–water partition coefficient (Wildman–Crippen LogP) is -3.26. The Morgan fingerprint density at radius 2 is 1.12 bits per heavy atom. The second-order valence-electron chi connectivity index (χ2n) is 4.72. The third-order valence-corrected chi connectivity index (χ3v) is 3.41. The smallest absolute Gasteiger partial charge is 0.394 e. The molecule has 12 nitrogen and oxygen atoms in total. The third-order valence-electron chi connectivity index (χ3n) is 2.71. The summed E-state index contributed by atoms with van der Waals surface area (Å²) in [4.78, 5) is 4.13. The summed E-state index contributed by atoms with van der Waals surface area (Å²) in [5.74, 6) is -0.201. The summed E-state index contributed by atoms with van der Waals surface area (Å²) in [6.07, 6.45) is 0. The van der Waals surface area contributed by atoms with Gasteiger partial charge in [0.25, 0.3) is 10.1 Å². The van der Waals surface area contributed by atoms with Crippen LogP contribution in [0.5, 0.6) is 0 Å². The maximum absolute atomic E-state index is 10.5. The molecule has 0 aromatic carbocycles. The molecule has 0 saturated carbocycles. The van der Waals surface area contributed by atoms with Gasteiger partial charge in [-0.05, 0) is 0 Å². The van der Waals surface area contributed by atoms with E-state index in [2.05, 4.69) is 4.90 Å². The van der Waals surface area contributed by atoms with Crippen molar-refractivity contribution in [2.45, 2.75) is 0 Å². The van der Waals surface area contributed by atoms with E-state index >= 15 is 0 Å². The first-order valence-corrected chi connectivity index (χ1v) is 10.0. The molecule has 1 saturated heterocycles. The van der Waals surface area contributed by atoms with Crippen LogP contribution in [0.4, 0.5) is 0 Å². The largest absolute Gasteiger partial charge is 0.395 e. The van der Waals surface area contributed by atoms with Crippen LogP contribution in [0, 0.1) is 0 Å². The number of rotatable bonds is 6. The number of nitrogens with two attached hydrogens (primary N) is 2. The lowest BCUT2D eigenvalue weighted by Gasteiger charge is -2.33. The van der Waals surface area contributed by atoms with E-state index < -0.39 is 20.5 Å². The van der Waals surface area contributed by atoms with Crippen molar-refractivity contribution < 1.29 is 35.6 Å². The van der Waals surface area contributed by atoms with Crippen LogP contribution in [0.1, 0.15) is 0 Å². The molecule has 1 aliphatic heterocycles. The summed E-state index contributed by atoms with van der Waals surface area (Å²) in [6, 6.07) is 0. The Bertz CT molecular complexity index is 481. The molecule has 1 aliphatic rings. The topological polar surface area (TPSA) is 208 Å². The first kappa shape index (κ1) is 25.8. The molecule has 0 radical (unpaired) electrons. The van der Waals surface area contributed by atoms with Gasteiger partial charge in [0.15, 0.2) is 0 Å². The molecule has 0 aliphatic carbocycles. The summed E-state index contributed by atoms with van der Waals surface area (Å²) in [5.41, 5.74) is 9.81. The summed E-state index contributed by atoms with van der Waals surface area (Å²) in [7, 11) is -8.51.